The van der Waals surface area contributed by atoms with E-state index < -0.39 is 0 Å². The highest BCUT2D eigenvalue weighted by atomic mass is 35.5. The molecule has 1 N–H and O–H groups in total. The molecule has 2 amide bonds. The smallest absolute Gasteiger partial charge is 0.241 e. The highest BCUT2D eigenvalue weighted by Gasteiger charge is 2.23. The van der Waals surface area contributed by atoms with Crippen molar-refractivity contribution in [1.82, 2.24) is 10.2 Å². The highest BCUT2D eigenvalue weighted by molar-refractivity contribution is 6.27. The van der Waals surface area contributed by atoms with Crippen molar-refractivity contribution in [2.45, 2.75) is 31.7 Å². The molecule has 86 valence electrons. The predicted octanol–water partition coefficient (Wildman–Crippen LogP) is 0.742. The van der Waals surface area contributed by atoms with Crippen LogP contribution in [-0.2, 0) is 9.59 Å². The van der Waals surface area contributed by atoms with Crippen LogP contribution >= 0.6 is 11.6 Å². The Kier molecular flexibility index (Phi) is 4.88. The van der Waals surface area contributed by atoms with Crippen LogP contribution in [0.15, 0.2) is 0 Å². The number of amides is 2. The number of rotatable bonds is 4. The van der Waals surface area contributed by atoms with Crippen molar-refractivity contribution in [2.24, 2.45) is 0 Å². The first kappa shape index (κ1) is 12.3. The minimum absolute atomic E-state index is 0.0413. The van der Waals surface area contributed by atoms with Crippen LogP contribution in [0.25, 0.3) is 0 Å². The van der Waals surface area contributed by atoms with Crippen LogP contribution in [-0.4, -0.2) is 42.2 Å². The van der Waals surface area contributed by atoms with E-state index in [1.807, 2.05) is 0 Å². The minimum atomic E-state index is -0.301. The van der Waals surface area contributed by atoms with Crippen LogP contribution in [0.1, 0.15) is 25.7 Å². The molecule has 1 fully saturated rings. The third kappa shape index (κ3) is 3.70. The summed E-state index contributed by atoms with van der Waals surface area (Å²) in [5.74, 6) is -0.439. The summed E-state index contributed by atoms with van der Waals surface area (Å²) in [6, 6.07) is 0.352. The molecule has 0 saturated heterocycles. The number of carbonyl (C=O) groups excluding carboxylic acids is 2. The number of carbonyl (C=O) groups is 2. The van der Waals surface area contributed by atoms with Crippen molar-refractivity contribution in [2.75, 3.05) is 19.5 Å². The van der Waals surface area contributed by atoms with Crippen LogP contribution in [0.3, 0.4) is 0 Å². The summed E-state index contributed by atoms with van der Waals surface area (Å²) in [6.07, 6.45) is 4.53. The molecule has 0 radical (unpaired) electrons. The molecule has 0 heterocycles. The zero-order chi connectivity index (χ0) is 11.3. The number of alkyl halides is 1. The second kappa shape index (κ2) is 5.95. The van der Waals surface area contributed by atoms with Gasteiger partial charge in [-0.15, -0.1) is 11.6 Å². The van der Waals surface area contributed by atoms with Gasteiger partial charge in [0.05, 0.1) is 6.54 Å². The lowest BCUT2D eigenvalue weighted by Crippen LogP contribution is -2.42. The molecule has 0 aromatic rings. The first-order valence-electron chi connectivity index (χ1n) is 5.23. The molecule has 4 nitrogen and oxygen atoms in total. The van der Waals surface area contributed by atoms with E-state index in [2.05, 4.69) is 5.32 Å². The van der Waals surface area contributed by atoms with Gasteiger partial charge in [-0.25, -0.2) is 0 Å². The van der Waals surface area contributed by atoms with E-state index in [0.717, 1.165) is 12.8 Å². The molecular formula is C10H17ClN2O2. The molecule has 1 aliphatic carbocycles. The topological polar surface area (TPSA) is 49.4 Å². The highest BCUT2D eigenvalue weighted by Crippen LogP contribution is 2.22. The molecule has 0 aliphatic heterocycles. The van der Waals surface area contributed by atoms with Crippen molar-refractivity contribution in [3.63, 3.8) is 0 Å². The fraction of sp³-hybridized carbons (Fsp3) is 0.800. The number of nitrogens with zero attached hydrogens (tertiary/aromatic N) is 1. The van der Waals surface area contributed by atoms with E-state index in [0.29, 0.717) is 6.04 Å². The molecule has 5 heteroatoms. The van der Waals surface area contributed by atoms with Gasteiger partial charge in [0.1, 0.15) is 5.88 Å². The van der Waals surface area contributed by atoms with Gasteiger partial charge in [-0.2, -0.15) is 0 Å². The van der Waals surface area contributed by atoms with E-state index in [1.165, 1.54) is 12.8 Å². The fourth-order valence-electron chi connectivity index (χ4n) is 1.84. The Labute approximate surface area is 95.0 Å². The van der Waals surface area contributed by atoms with Gasteiger partial charge in [0, 0.05) is 13.1 Å². The third-order valence-electron chi connectivity index (χ3n) is 2.82. The molecule has 0 atom stereocenters. The Morgan fingerprint density at radius 1 is 1.40 bits per heavy atom. The minimum Gasteiger partial charge on any atom is -0.346 e. The summed E-state index contributed by atoms with van der Waals surface area (Å²) in [5, 5.41) is 2.47. The van der Waals surface area contributed by atoms with Gasteiger partial charge < -0.3 is 10.2 Å². The molecule has 0 aromatic carbocycles. The van der Waals surface area contributed by atoms with Gasteiger partial charge in [0.15, 0.2) is 0 Å². The molecule has 0 unspecified atom stereocenters. The largest absolute Gasteiger partial charge is 0.346 e. The summed E-state index contributed by atoms with van der Waals surface area (Å²) in [6.45, 7) is 0.0541. The Morgan fingerprint density at radius 2 is 2.00 bits per heavy atom. The quantitative estimate of drug-likeness (QED) is 0.727. The lowest BCUT2D eigenvalue weighted by atomic mass is 10.2. The summed E-state index contributed by atoms with van der Waals surface area (Å²) < 4.78 is 0. The molecule has 0 aromatic heterocycles. The third-order valence-corrected chi connectivity index (χ3v) is 3.07. The standard InChI is InChI=1S/C10H17ClN2O2/c1-13(8-4-2-3-5-8)10(15)7-12-9(14)6-11/h8H,2-7H2,1H3,(H,12,14). The normalized spacial score (nSPS) is 16.4. The maximum absolute atomic E-state index is 11.6. The summed E-state index contributed by atoms with van der Waals surface area (Å²) in [4.78, 5) is 24.2. The van der Waals surface area contributed by atoms with Crippen molar-refractivity contribution in [3.05, 3.63) is 0 Å². The zero-order valence-corrected chi connectivity index (χ0v) is 9.72. The number of hydrogen-bond donors (Lipinski definition) is 1. The van der Waals surface area contributed by atoms with E-state index in [1.54, 1.807) is 11.9 Å². The van der Waals surface area contributed by atoms with Gasteiger partial charge in [-0.1, -0.05) is 12.8 Å². The molecule has 1 saturated carbocycles. The summed E-state index contributed by atoms with van der Waals surface area (Å²) >= 11 is 5.31. The number of nitrogens with one attached hydrogen (secondary N) is 1. The Balaban J connectivity index is 2.29. The van der Waals surface area contributed by atoms with E-state index >= 15 is 0 Å². The van der Waals surface area contributed by atoms with Crippen LogP contribution in [0.2, 0.25) is 0 Å². The molecule has 0 spiro atoms. The molecule has 15 heavy (non-hydrogen) atoms. The van der Waals surface area contributed by atoms with E-state index in [4.69, 9.17) is 11.6 Å². The molecule has 1 aliphatic rings. The first-order valence-corrected chi connectivity index (χ1v) is 5.77. The number of hydrogen-bond acceptors (Lipinski definition) is 2. The Hall–Kier alpha value is -0.770. The lowest BCUT2D eigenvalue weighted by Gasteiger charge is -2.24. The van der Waals surface area contributed by atoms with Crippen molar-refractivity contribution < 1.29 is 9.59 Å². The summed E-state index contributed by atoms with van der Waals surface area (Å²) in [7, 11) is 1.80. The van der Waals surface area contributed by atoms with E-state index in [9.17, 15) is 9.59 Å². The average molecular weight is 233 g/mol. The lowest BCUT2D eigenvalue weighted by molar-refractivity contribution is -0.133. The maximum Gasteiger partial charge on any atom is 0.241 e. The van der Waals surface area contributed by atoms with Crippen molar-refractivity contribution >= 4 is 23.4 Å². The second-order valence-electron chi connectivity index (χ2n) is 3.85. The van der Waals surface area contributed by atoms with Gasteiger partial charge in [-0.3, -0.25) is 9.59 Å². The molecule has 1 rings (SSSR count). The monoisotopic (exact) mass is 232 g/mol. The predicted molar refractivity (Wildman–Crippen MR) is 58.8 cm³/mol. The Morgan fingerprint density at radius 3 is 2.53 bits per heavy atom. The second-order valence-corrected chi connectivity index (χ2v) is 4.12. The molecular weight excluding hydrogens is 216 g/mol. The number of halogens is 1. The van der Waals surface area contributed by atoms with Crippen LogP contribution < -0.4 is 5.32 Å². The first-order chi connectivity index (χ1) is 7.15. The van der Waals surface area contributed by atoms with Gasteiger partial charge in [0.2, 0.25) is 11.8 Å². The van der Waals surface area contributed by atoms with Crippen molar-refractivity contribution in [3.8, 4) is 0 Å². The fourth-order valence-corrected chi connectivity index (χ4v) is 1.94. The summed E-state index contributed by atoms with van der Waals surface area (Å²) in [5.41, 5.74) is 0. The Bertz CT molecular complexity index is 240. The average Bonchev–Trinajstić information content (AvgIpc) is 2.77. The van der Waals surface area contributed by atoms with Crippen LogP contribution in [0, 0.1) is 0 Å². The van der Waals surface area contributed by atoms with Gasteiger partial charge >= 0.3 is 0 Å². The van der Waals surface area contributed by atoms with Crippen LogP contribution in [0.4, 0.5) is 0 Å². The van der Waals surface area contributed by atoms with E-state index in [-0.39, 0.29) is 24.2 Å². The molecule has 0 bridgehead atoms. The van der Waals surface area contributed by atoms with Crippen LogP contribution in [0.5, 0.6) is 0 Å². The van der Waals surface area contributed by atoms with Crippen molar-refractivity contribution in [1.29, 1.82) is 0 Å². The number of likely N-dealkylation sites (N-methyl/N-ethyl adjacent to an activating group) is 1. The SMILES string of the molecule is CN(C(=O)CNC(=O)CCl)C1CCCC1. The zero-order valence-electron chi connectivity index (χ0n) is 8.96. The van der Waals surface area contributed by atoms with Gasteiger partial charge in [0.25, 0.3) is 0 Å². The van der Waals surface area contributed by atoms with Gasteiger partial charge in [-0.05, 0) is 12.8 Å². The maximum atomic E-state index is 11.6.